The highest BCUT2D eigenvalue weighted by Gasteiger charge is 2.44. The molecule has 1 heterocycles. The fraction of sp³-hybridized carbons (Fsp3) is 0.720. The number of carbonyl (C=O) groups is 1. The Bertz CT molecular complexity index is 728. The SMILES string of the molecule is CCCCCCC1(C(=O)NCCN(CC)CC)CCc2c(C)c(O)c(C)c(C)c2O1. The van der Waals surface area contributed by atoms with E-state index in [4.69, 9.17) is 4.74 Å². The summed E-state index contributed by atoms with van der Waals surface area (Å²) in [4.78, 5) is 15.7. The summed E-state index contributed by atoms with van der Waals surface area (Å²) in [5.41, 5.74) is 2.91. The molecule has 0 bridgehead atoms. The molecule has 5 nitrogen and oxygen atoms in total. The van der Waals surface area contributed by atoms with Crippen LogP contribution in [0.15, 0.2) is 0 Å². The van der Waals surface area contributed by atoms with E-state index in [1.165, 1.54) is 12.8 Å². The molecule has 0 saturated carbocycles. The van der Waals surface area contributed by atoms with Gasteiger partial charge in [0.15, 0.2) is 5.60 Å². The monoisotopic (exact) mass is 418 g/mol. The Kier molecular flexibility index (Phi) is 9.02. The molecular formula is C25H42N2O3. The normalized spacial score (nSPS) is 18.2. The first-order valence-corrected chi connectivity index (χ1v) is 11.8. The maximum Gasteiger partial charge on any atom is 0.264 e. The summed E-state index contributed by atoms with van der Waals surface area (Å²) in [5.74, 6) is 1.18. The van der Waals surface area contributed by atoms with Crippen LogP contribution in [0.4, 0.5) is 0 Å². The fourth-order valence-electron chi connectivity index (χ4n) is 4.50. The largest absolute Gasteiger partial charge is 0.507 e. The highest BCUT2D eigenvalue weighted by molar-refractivity contribution is 5.86. The first kappa shape index (κ1) is 24.5. The van der Waals surface area contributed by atoms with Crippen LogP contribution in [0.5, 0.6) is 11.5 Å². The third-order valence-electron chi connectivity index (χ3n) is 6.87. The van der Waals surface area contributed by atoms with E-state index in [1.807, 2.05) is 20.8 Å². The molecule has 0 radical (unpaired) electrons. The number of rotatable bonds is 11. The Hall–Kier alpha value is -1.75. The van der Waals surface area contributed by atoms with Gasteiger partial charge in [0.25, 0.3) is 5.91 Å². The molecule has 170 valence electrons. The van der Waals surface area contributed by atoms with Crippen molar-refractivity contribution in [2.45, 2.75) is 92.1 Å². The number of nitrogens with one attached hydrogen (secondary N) is 1. The number of benzene rings is 1. The lowest BCUT2D eigenvalue weighted by atomic mass is 9.82. The average Bonchev–Trinajstić information content (AvgIpc) is 2.76. The molecule has 1 unspecified atom stereocenters. The lowest BCUT2D eigenvalue weighted by Crippen LogP contribution is -2.54. The Morgan fingerprint density at radius 3 is 2.40 bits per heavy atom. The molecule has 1 aromatic carbocycles. The Balaban J connectivity index is 2.25. The quantitative estimate of drug-likeness (QED) is 0.506. The van der Waals surface area contributed by atoms with Gasteiger partial charge < -0.3 is 20.1 Å². The second-order valence-electron chi connectivity index (χ2n) is 8.72. The summed E-state index contributed by atoms with van der Waals surface area (Å²) < 4.78 is 6.58. The smallest absolute Gasteiger partial charge is 0.264 e. The van der Waals surface area contributed by atoms with Crippen LogP contribution in [0.25, 0.3) is 0 Å². The second-order valence-corrected chi connectivity index (χ2v) is 8.72. The molecule has 0 aliphatic carbocycles. The van der Waals surface area contributed by atoms with Crippen LogP contribution >= 0.6 is 0 Å². The van der Waals surface area contributed by atoms with Crippen molar-refractivity contribution in [2.24, 2.45) is 0 Å². The summed E-state index contributed by atoms with van der Waals surface area (Å²) >= 11 is 0. The van der Waals surface area contributed by atoms with Crippen LogP contribution in [-0.4, -0.2) is 47.7 Å². The predicted molar refractivity (Wildman–Crippen MR) is 124 cm³/mol. The molecular weight excluding hydrogens is 376 g/mol. The topological polar surface area (TPSA) is 61.8 Å². The maximum absolute atomic E-state index is 13.4. The molecule has 1 amide bonds. The van der Waals surface area contributed by atoms with E-state index >= 15 is 0 Å². The van der Waals surface area contributed by atoms with Gasteiger partial charge >= 0.3 is 0 Å². The van der Waals surface area contributed by atoms with Crippen LogP contribution < -0.4 is 10.1 Å². The lowest BCUT2D eigenvalue weighted by Gasteiger charge is -2.39. The zero-order valence-electron chi connectivity index (χ0n) is 20.0. The standard InChI is InChI=1S/C25H42N2O3/c1-7-10-11-12-14-25(24(29)26-16-17-27(8-2)9-3)15-13-21-20(6)22(28)18(4)19(5)23(21)30-25/h28H,7-17H2,1-6H3,(H,26,29). The third-order valence-corrected chi connectivity index (χ3v) is 6.87. The number of fused-ring (bicyclic) bond motifs is 1. The lowest BCUT2D eigenvalue weighted by molar-refractivity contribution is -0.139. The van der Waals surface area contributed by atoms with Crippen molar-refractivity contribution >= 4 is 5.91 Å². The number of phenolic OH excluding ortho intramolecular Hbond substituents is 1. The molecule has 0 saturated heterocycles. The number of hydrogen-bond acceptors (Lipinski definition) is 4. The van der Waals surface area contributed by atoms with Gasteiger partial charge in [-0.05, 0) is 69.8 Å². The molecule has 5 heteroatoms. The maximum atomic E-state index is 13.4. The van der Waals surface area contributed by atoms with Crippen molar-refractivity contribution in [1.29, 1.82) is 0 Å². The number of likely N-dealkylation sites (N-methyl/N-ethyl adjacent to an activating group) is 1. The molecule has 1 aromatic rings. The molecule has 1 aliphatic heterocycles. The second kappa shape index (κ2) is 11.0. The van der Waals surface area contributed by atoms with E-state index in [9.17, 15) is 9.90 Å². The van der Waals surface area contributed by atoms with Gasteiger partial charge in [0.2, 0.25) is 0 Å². The van der Waals surface area contributed by atoms with E-state index in [1.54, 1.807) is 0 Å². The van der Waals surface area contributed by atoms with Crippen LogP contribution in [0.3, 0.4) is 0 Å². The number of nitrogens with zero attached hydrogens (tertiary/aromatic N) is 1. The number of unbranched alkanes of at least 4 members (excludes halogenated alkanes) is 3. The molecule has 30 heavy (non-hydrogen) atoms. The highest BCUT2D eigenvalue weighted by Crippen LogP contribution is 2.44. The minimum absolute atomic E-state index is 0.0135. The molecule has 0 aromatic heterocycles. The average molecular weight is 419 g/mol. The van der Waals surface area contributed by atoms with Gasteiger partial charge in [-0.1, -0.05) is 40.0 Å². The van der Waals surface area contributed by atoms with E-state index in [-0.39, 0.29) is 5.91 Å². The van der Waals surface area contributed by atoms with Gasteiger partial charge in [-0.25, -0.2) is 0 Å². The number of ether oxygens (including phenoxy) is 1. The molecule has 2 N–H and O–H groups in total. The van der Waals surface area contributed by atoms with Gasteiger partial charge in [0.05, 0.1) is 0 Å². The van der Waals surface area contributed by atoms with E-state index in [0.29, 0.717) is 18.7 Å². The van der Waals surface area contributed by atoms with Gasteiger partial charge in [-0.2, -0.15) is 0 Å². The van der Waals surface area contributed by atoms with Gasteiger partial charge in [0.1, 0.15) is 11.5 Å². The Labute approximate surface area is 183 Å². The van der Waals surface area contributed by atoms with Crippen LogP contribution in [0, 0.1) is 20.8 Å². The number of phenols is 1. The third kappa shape index (κ3) is 5.29. The summed E-state index contributed by atoms with van der Waals surface area (Å²) in [6, 6.07) is 0. The Morgan fingerprint density at radius 2 is 1.77 bits per heavy atom. The molecule has 0 spiro atoms. The van der Waals surface area contributed by atoms with Crippen molar-refractivity contribution in [3.05, 3.63) is 22.3 Å². The molecule has 1 atom stereocenters. The van der Waals surface area contributed by atoms with Crippen LogP contribution in [0.1, 0.15) is 81.5 Å². The summed E-state index contributed by atoms with van der Waals surface area (Å²) in [6.45, 7) is 15.8. The first-order chi connectivity index (χ1) is 14.3. The van der Waals surface area contributed by atoms with Crippen LogP contribution in [-0.2, 0) is 11.2 Å². The fourth-order valence-corrected chi connectivity index (χ4v) is 4.50. The summed E-state index contributed by atoms with van der Waals surface area (Å²) in [6.07, 6.45) is 6.61. The van der Waals surface area contributed by atoms with Crippen molar-refractivity contribution in [2.75, 3.05) is 26.2 Å². The molecule has 2 rings (SSSR count). The number of carbonyl (C=O) groups excluding carboxylic acids is 1. The summed E-state index contributed by atoms with van der Waals surface area (Å²) in [5, 5.41) is 13.6. The molecule has 1 aliphatic rings. The molecule has 0 fully saturated rings. The van der Waals surface area contributed by atoms with Gasteiger partial charge in [0, 0.05) is 25.1 Å². The van der Waals surface area contributed by atoms with Crippen molar-refractivity contribution in [1.82, 2.24) is 10.2 Å². The highest BCUT2D eigenvalue weighted by atomic mass is 16.5. The zero-order chi connectivity index (χ0) is 22.3. The number of aromatic hydroxyl groups is 1. The van der Waals surface area contributed by atoms with Crippen LogP contribution in [0.2, 0.25) is 0 Å². The Morgan fingerprint density at radius 1 is 1.07 bits per heavy atom. The van der Waals surface area contributed by atoms with Gasteiger partial charge in [-0.3, -0.25) is 4.79 Å². The first-order valence-electron chi connectivity index (χ1n) is 11.8. The van der Waals surface area contributed by atoms with E-state index in [0.717, 1.165) is 73.3 Å². The van der Waals surface area contributed by atoms with Crippen molar-refractivity contribution < 1.29 is 14.6 Å². The number of amides is 1. The zero-order valence-corrected chi connectivity index (χ0v) is 20.0. The minimum Gasteiger partial charge on any atom is -0.507 e. The van der Waals surface area contributed by atoms with Gasteiger partial charge in [-0.15, -0.1) is 0 Å². The minimum atomic E-state index is -0.815. The van der Waals surface area contributed by atoms with Crippen molar-refractivity contribution in [3.8, 4) is 11.5 Å². The number of hydrogen-bond donors (Lipinski definition) is 2. The van der Waals surface area contributed by atoms with Crippen molar-refractivity contribution in [3.63, 3.8) is 0 Å². The predicted octanol–water partition coefficient (Wildman–Crippen LogP) is 4.81. The summed E-state index contributed by atoms with van der Waals surface area (Å²) in [7, 11) is 0. The van der Waals surface area contributed by atoms with E-state index in [2.05, 4.69) is 31.0 Å². The van der Waals surface area contributed by atoms with E-state index < -0.39 is 5.60 Å².